The molecule has 0 spiro atoms. The largest absolute Gasteiger partial charge is 0.332 e. The fourth-order valence-electron chi connectivity index (χ4n) is 1.47. The number of rotatable bonds is 2. The van der Waals surface area contributed by atoms with Crippen molar-refractivity contribution in [1.29, 1.82) is 0 Å². The number of hydrogen-bond acceptors (Lipinski definition) is 2. The third kappa shape index (κ3) is 4.43. The highest BCUT2D eigenvalue weighted by atomic mass is 127. The Morgan fingerprint density at radius 1 is 1.05 bits per heavy atom. The summed E-state index contributed by atoms with van der Waals surface area (Å²) in [5, 5.41) is 6.41. The highest BCUT2D eigenvalue weighted by Crippen LogP contribution is 2.11. The molecular formula is C14H10ClIN2OS. The Labute approximate surface area is 140 Å². The number of benzene rings is 2. The third-order valence-corrected chi connectivity index (χ3v) is 3.61. The Morgan fingerprint density at radius 3 is 2.25 bits per heavy atom. The zero-order valence-corrected chi connectivity index (χ0v) is 13.9. The smallest absolute Gasteiger partial charge is 0.257 e. The van der Waals surface area contributed by atoms with Crippen LogP contribution in [-0.2, 0) is 0 Å². The Bertz CT molecular complexity index is 629. The van der Waals surface area contributed by atoms with Crippen molar-refractivity contribution < 1.29 is 4.79 Å². The van der Waals surface area contributed by atoms with E-state index in [1.54, 1.807) is 24.3 Å². The van der Waals surface area contributed by atoms with Crippen molar-refractivity contribution in [2.45, 2.75) is 0 Å². The molecule has 0 radical (unpaired) electrons. The number of anilines is 1. The second-order valence-electron chi connectivity index (χ2n) is 3.92. The Kier molecular flexibility index (Phi) is 5.33. The number of nitrogens with one attached hydrogen (secondary N) is 2. The van der Waals surface area contributed by atoms with Gasteiger partial charge in [-0.3, -0.25) is 10.1 Å². The Balaban J connectivity index is 1.95. The standard InChI is InChI=1S/C14H10ClIN2OS/c15-10-3-1-9(2-4-10)13(19)18-14(20)17-12-7-5-11(16)6-8-12/h1-8H,(H2,17,18,19,20). The minimum absolute atomic E-state index is 0.256. The summed E-state index contributed by atoms with van der Waals surface area (Å²) >= 11 is 13.1. The molecule has 2 aromatic rings. The Hall–Kier alpha value is -1.18. The van der Waals surface area contributed by atoms with Crippen LogP contribution >= 0.6 is 46.4 Å². The molecule has 0 aliphatic rings. The summed E-state index contributed by atoms with van der Waals surface area (Å²) in [6, 6.07) is 14.3. The average molecular weight is 417 g/mol. The molecule has 102 valence electrons. The number of carbonyl (C=O) groups is 1. The molecule has 3 nitrogen and oxygen atoms in total. The van der Waals surface area contributed by atoms with Gasteiger partial charge >= 0.3 is 0 Å². The van der Waals surface area contributed by atoms with Gasteiger partial charge in [-0.25, -0.2) is 0 Å². The molecule has 1 amide bonds. The number of carbonyl (C=O) groups excluding carboxylic acids is 1. The normalized spacial score (nSPS) is 9.90. The molecule has 0 aliphatic carbocycles. The molecule has 2 rings (SSSR count). The molecule has 0 heterocycles. The van der Waals surface area contributed by atoms with E-state index in [-0.39, 0.29) is 11.0 Å². The topological polar surface area (TPSA) is 41.1 Å². The lowest BCUT2D eigenvalue weighted by molar-refractivity contribution is 0.0978. The number of amides is 1. The van der Waals surface area contributed by atoms with Gasteiger partial charge in [0, 0.05) is 19.8 Å². The first-order valence-corrected chi connectivity index (χ1v) is 7.54. The Morgan fingerprint density at radius 2 is 1.65 bits per heavy atom. The van der Waals surface area contributed by atoms with Crippen LogP contribution in [0.1, 0.15) is 10.4 Å². The second kappa shape index (κ2) is 7.01. The van der Waals surface area contributed by atoms with Gasteiger partial charge in [0.15, 0.2) is 5.11 Å². The van der Waals surface area contributed by atoms with Gasteiger partial charge in [-0.15, -0.1) is 0 Å². The van der Waals surface area contributed by atoms with Crippen LogP contribution in [0.5, 0.6) is 0 Å². The first-order valence-electron chi connectivity index (χ1n) is 5.68. The molecule has 0 aromatic heterocycles. The summed E-state index contributed by atoms with van der Waals surface area (Å²) in [5.41, 5.74) is 1.33. The maximum atomic E-state index is 11.9. The molecule has 20 heavy (non-hydrogen) atoms. The van der Waals surface area contributed by atoms with Gasteiger partial charge in [-0.05, 0) is 83.3 Å². The van der Waals surface area contributed by atoms with Crippen LogP contribution in [0.4, 0.5) is 5.69 Å². The van der Waals surface area contributed by atoms with Crippen molar-refractivity contribution in [3.05, 3.63) is 62.7 Å². The summed E-state index contributed by atoms with van der Waals surface area (Å²) in [4.78, 5) is 11.9. The van der Waals surface area contributed by atoms with E-state index in [4.69, 9.17) is 23.8 Å². The molecule has 6 heteroatoms. The molecule has 0 saturated carbocycles. The molecule has 2 N–H and O–H groups in total. The fourth-order valence-corrected chi connectivity index (χ4v) is 2.17. The molecule has 0 atom stereocenters. The summed E-state index contributed by atoms with van der Waals surface area (Å²) in [6.45, 7) is 0. The lowest BCUT2D eigenvalue weighted by atomic mass is 10.2. The predicted octanol–water partition coefficient (Wildman–Crippen LogP) is 4.07. The second-order valence-corrected chi connectivity index (χ2v) is 6.01. The molecule has 0 saturated heterocycles. The zero-order valence-electron chi connectivity index (χ0n) is 10.2. The van der Waals surface area contributed by atoms with Crippen molar-refractivity contribution in [3.63, 3.8) is 0 Å². The highest BCUT2D eigenvalue weighted by molar-refractivity contribution is 14.1. The van der Waals surface area contributed by atoms with Crippen LogP contribution in [0.3, 0.4) is 0 Å². The van der Waals surface area contributed by atoms with E-state index in [0.29, 0.717) is 10.6 Å². The number of hydrogen-bond donors (Lipinski definition) is 2. The maximum absolute atomic E-state index is 11.9. The van der Waals surface area contributed by atoms with Crippen molar-refractivity contribution in [2.24, 2.45) is 0 Å². The van der Waals surface area contributed by atoms with Crippen LogP contribution in [0.2, 0.25) is 5.02 Å². The maximum Gasteiger partial charge on any atom is 0.257 e. The van der Waals surface area contributed by atoms with Crippen LogP contribution in [0.25, 0.3) is 0 Å². The van der Waals surface area contributed by atoms with Gasteiger partial charge in [-0.2, -0.15) is 0 Å². The number of halogens is 2. The van der Waals surface area contributed by atoms with E-state index >= 15 is 0 Å². The monoisotopic (exact) mass is 416 g/mol. The van der Waals surface area contributed by atoms with Gasteiger partial charge in [0.25, 0.3) is 5.91 Å². The fraction of sp³-hybridized carbons (Fsp3) is 0. The third-order valence-electron chi connectivity index (χ3n) is 2.44. The highest BCUT2D eigenvalue weighted by Gasteiger charge is 2.07. The van der Waals surface area contributed by atoms with E-state index < -0.39 is 0 Å². The van der Waals surface area contributed by atoms with Crippen LogP contribution in [0, 0.1) is 3.57 Å². The summed E-state index contributed by atoms with van der Waals surface area (Å²) in [6.07, 6.45) is 0. The van der Waals surface area contributed by atoms with E-state index in [1.807, 2.05) is 24.3 Å². The molecule has 0 fully saturated rings. The van der Waals surface area contributed by atoms with E-state index in [1.165, 1.54) is 0 Å². The summed E-state index contributed by atoms with van der Waals surface area (Å²) in [5.74, 6) is -0.273. The van der Waals surface area contributed by atoms with Gasteiger partial charge in [0.2, 0.25) is 0 Å². The van der Waals surface area contributed by atoms with Crippen LogP contribution < -0.4 is 10.6 Å². The van der Waals surface area contributed by atoms with E-state index in [0.717, 1.165) is 9.26 Å². The van der Waals surface area contributed by atoms with Crippen molar-refractivity contribution >= 4 is 63.1 Å². The minimum Gasteiger partial charge on any atom is -0.332 e. The first-order chi connectivity index (χ1) is 9.54. The first kappa shape index (κ1) is 15.2. The van der Waals surface area contributed by atoms with E-state index in [9.17, 15) is 4.79 Å². The lowest BCUT2D eigenvalue weighted by Gasteiger charge is -2.09. The van der Waals surface area contributed by atoms with Crippen molar-refractivity contribution in [1.82, 2.24) is 5.32 Å². The lowest BCUT2D eigenvalue weighted by Crippen LogP contribution is -2.34. The van der Waals surface area contributed by atoms with Crippen molar-refractivity contribution in [3.8, 4) is 0 Å². The van der Waals surface area contributed by atoms with Crippen LogP contribution in [-0.4, -0.2) is 11.0 Å². The van der Waals surface area contributed by atoms with E-state index in [2.05, 4.69) is 33.2 Å². The molecule has 0 bridgehead atoms. The van der Waals surface area contributed by atoms with Crippen molar-refractivity contribution in [2.75, 3.05) is 5.32 Å². The molecule has 0 aliphatic heterocycles. The predicted molar refractivity (Wildman–Crippen MR) is 94.3 cm³/mol. The molecule has 2 aromatic carbocycles. The zero-order chi connectivity index (χ0) is 14.5. The number of thiocarbonyl (C=S) groups is 1. The summed E-state index contributed by atoms with van der Waals surface area (Å²) < 4.78 is 1.13. The minimum atomic E-state index is -0.273. The molecule has 0 unspecified atom stereocenters. The van der Waals surface area contributed by atoms with Gasteiger partial charge < -0.3 is 5.32 Å². The van der Waals surface area contributed by atoms with Gasteiger partial charge in [0.05, 0.1) is 0 Å². The summed E-state index contributed by atoms with van der Waals surface area (Å²) in [7, 11) is 0. The SMILES string of the molecule is O=C(NC(=S)Nc1ccc(I)cc1)c1ccc(Cl)cc1. The quantitative estimate of drug-likeness (QED) is 0.573. The van der Waals surface area contributed by atoms with Crippen LogP contribution in [0.15, 0.2) is 48.5 Å². The van der Waals surface area contributed by atoms with Gasteiger partial charge in [0.1, 0.15) is 0 Å². The average Bonchev–Trinajstić information content (AvgIpc) is 2.42. The van der Waals surface area contributed by atoms with Gasteiger partial charge in [-0.1, -0.05) is 11.6 Å². The molecular weight excluding hydrogens is 407 g/mol.